The molecule has 4 rings (SSSR count). The number of nitrogens with two attached hydrogens (primary N) is 1. The number of carbonyl (C=O) groups is 1. The van der Waals surface area contributed by atoms with Crippen molar-refractivity contribution in [3.05, 3.63) is 58.6 Å². The van der Waals surface area contributed by atoms with Gasteiger partial charge in [-0.2, -0.15) is 0 Å². The molecule has 2 aliphatic heterocycles. The average molecular weight is 525 g/mol. The summed E-state index contributed by atoms with van der Waals surface area (Å²) in [5.41, 5.74) is 7.72. The van der Waals surface area contributed by atoms with E-state index >= 15 is 0 Å². The molecule has 0 unspecified atom stereocenters. The predicted molar refractivity (Wildman–Crippen MR) is 134 cm³/mol. The number of halogens is 4. The van der Waals surface area contributed by atoms with E-state index in [-0.39, 0.29) is 23.2 Å². The van der Waals surface area contributed by atoms with E-state index in [1.807, 2.05) is 4.90 Å². The Morgan fingerprint density at radius 1 is 1.11 bits per heavy atom. The summed E-state index contributed by atoms with van der Waals surface area (Å²) in [7, 11) is 0. The molecule has 2 fully saturated rings. The lowest BCUT2D eigenvalue weighted by molar-refractivity contribution is -0.274. The summed E-state index contributed by atoms with van der Waals surface area (Å²) in [6.07, 6.45) is -2.97. The van der Waals surface area contributed by atoms with Gasteiger partial charge in [-0.25, -0.2) is 0 Å². The second kappa shape index (κ2) is 10.5. The molecule has 2 heterocycles. The topological polar surface area (TPSA) is 62.0 Å². The maximum Gasteiger partial charge on any atom is 0.573 e. The number of benzene rings is 2. The Morgan fingerprint density at radius 3 is 2.36 bits per heavy atom. The van der Waals surface area contributed by atoms with Gasteiger partial charge < -0.3 is 15.4 Å². The van der Waals surface area contributed by atoms with Gasteiger partial charge >= 0.3 is 6.36 Å². The fourth-order valence-corrected chi connectivity index (χ4v) is 5.45. The van der Waals surface area contributed by atoms with Crippen LogP contribution in [0.5, 0.6) is 5.75 Å². The SMILES string of the molecule is C[C@H]1CN(C2(C)CCN(C(=O)c3c(N)cccc3Cl)CC2)CCN1Cc1ccc(OC(F)(F)F)cc1. The van der Waals surface area contributed by atoms with Gasteiger partial charge in [0, 0.05) is 56.5 Å². The average Bonchev–Trinajstić information content (AvgIpc) is 2.81. The lowest BCUT2D eigenvalue weighted by Crippen LogP contribution is -2.61. The maximum atomic E-state index is 13.1. The van der Waals surface area contributed by atoms with Crippen LogP contribution in [0.3, 0.4) is 0 Å². The number of piperazine rings is 1. The predicted octanol–water partition coefficient (Wildman–Crippen LogP) is 5.02. The van der Waals surface area contributed by atoms with Gasteiger partial charge in [0.05, 0.1) is 10.6 Å². The number of anilines is 1. The molecular weight excluding hydrogens is 493 g/mol. The number of piperidine rings is 1. The van der Waals surface area contributed by atoms with Gasteiger partial charge in [-0.05, 0) is 56.5 Å². The first-order valence-corrected chi connectivity index (χ1v) is 12.5. The van der Waals surface area contributed by atoms with Crippen molar-refractivity contribution in [2.75, 3.05) is 38.5 Å². The molecule has 0 saturated carbocycles. The van der Waals surface area contributed by atoms with Crippen LogP contribution in [0.4, 0.5) is 18.9 Å². The van der Waals surface area contributed by atoms with Gasteiger partial charge in [0.25, 0.3) is 5.91 Å². The maximum absolute atomic E-state index is 13.1. The van der Waals surface area contributed by atoms with Crippen molar-refractivity contribution in [2.45, 2.75) is 51.2 Å². The number of amides is 1. The standard InChI is InChI=1S/C26H32ClF3N4O2/c1-18-16-34(15-14-33(18)17-19-6-8-20(9-7-19)36-26(28,29)30)25(2)10-12-32(13-11-25)24(35)23-21(27)4-3-5-22(23)31/h3-9,18H,10-17,31H2,1-2H3/t18-/m0/s1. The smallest absolute Gasteiger partial charge is 0.406 e. The van der Waals surface area contributed by atoms with E-state index in [4.69, 9.17) is 17.3 Å². The minimum atomic E-state index is -4.69. The quantitative estimate of drug-likeness (QED) is 0.556. The number of nitrogen functional groups attached to an aromatic ring is 1. The normalized spacial score (nSPS) is 21.4. The first-order valence-electron chi connectivity index (χ1n) is 12.1. The molecule has 1 amide bonds. The highest BCUT2D eigenvalue weighted by Gasteiger charge is 2.40. The zero-order valence-corrected chi connectivity index (χ0v) is 21.3. The molecule has 10 heteroatoms. The summed E-state index contributed by atoms with van der Waals surface area (Å²) in [6.45, 7) is 9.02. The molecule has 196 valence electrons. The number of rotatable bonds is 5. The van der Waals surface area contributed by atoms with Gasteiger partial charge in [0.15, 0.2) is 0 Å². The second-order valence-corrected chi connectivity index (χ2v) is 10.4. The van der Waals surface area contributed by atoms with Gasteiger partial charge in [-0.1, -0.05) is 29.8 Å². The number of hydrogen-bond acceptors (Lipinski definition) is 5. The number of carbonyl (C=O) groups excluding carboxylic acids is 1. The van der Waals surface area contributed by atoms with E-state index in [1.54, 1.807) is 30.3 Å². The van der Waals surface area contributed by atoms with E-state index in [1.165, 1.54) is 12.1 Å². The lowest BCUT2D eigenvalue weighted by Gasteiger charge is -2.51. The van der Waals surface area contributed by atoms with Crippen LogP contribution in [0.1, 0.15) is 42.6 Å². The van der Waals surface area contributed by atoms with Crippen molar-refractivity contribution in [1.82, 2.24) is 14.7 Å². The van der Waals surface area contributed by atoms with Crippen LogP contribution in [0, 0.1) is 0 Å². The monoisotopic (exact) mass is 524 g/mol. The molecule has 2 N–H and O–H groups in total. The van der Waals surface area contributed by atoms with E-state index in [9.17, 15) is 18.0 Å². The molecular formula is C26H32ClF3N4O2. The van der Waals surface area contributed by atoms with E-state index in [0.717, 1.165) is 38.0 Å². The molecule has 6 nitrogen and oxygen atoms in total. The Balaban J connectivity index is 1.31. The summed E-state index contributed by atoms with van der Waals surface area (Å²) in [6, 6.07) is 11.5. The molecule has 1 atom stereocenters. The molecule has 0 radical (unpaired) electrons. The van der Waals surface area contributed by atoms with E-state index in [0.29, 0.717) is 35.9 Å². The second-order valence-electron chi connectivity index (χ2n) is 9.95. The van der Waals surface area contributed by atoms with Crippen molar-refractivity contribution in [3.63, 3.8) is 0 Å². The van der Waals surface area contributed by atoms with Crippen LogP contribution >= 0.6 is 11.6 Å². The minimum absolute atomic E-state index is 0.0141. The third-order valence-corrected chi connectivity index (χ3v) is 7.77. The molecule has 2 aromatic carbocycles. The first kappa shape index (κ1) is 26.6. The lowest BCUT2D eigenvalue weighted by atomic mass is 9.86. The summed E-state index contributed by atoms with van der Waals surface area (Å²) in [4.78, 5) is 19.8. The summed E-state index contributed by atoms with van der Waals surface area (Å²) < 4.78 is 41.1. The number of hydrogen-bond donors (Lipinski definition) is 1. The fraction of sp³-hybridized carbons (Fsp3) is 0.500. The number of likely N-dealkylation sites (tertiary alicyclic amines) is 1. The number of ether oxygens (including phenoxy) is 1. The highest BCUT2D eigenvalue weighted by Crippen LogP contribution is 2.33. The third kappa shape index (κ3) is 6.07. The molecule has 2 saturated heterocycles. The van der Waals surface area contributed by atoms with E-state index < -0.39 is 6.36 Å². The van der Waals surface area contributed by atoms with Gasteiger partial charge in [0.2, 0.25) is 0 Å². The molecule has 2 aliphatic rings. The van der Waals surface area contributed by atoms with Crippen LogP contribution in [0.15, 0.2) is 42.5 Å². The largest absolute Gasteiger partial charge is 0.573 e. The highest BCUT2D eigenvalue weighted by molar-refractivity contribution is 6.34. The van der Waals surface area contributed by atoms with Gasteiger partial charge in [-0.15, -0.1) is 13.2 Å². The molecule has 0 bridgehead atoms. The van der Waals surface area contributed by atoms with Crippen molar-refractivity contribution >= 4 is 23.2 Å². The van der Waals surface area contributed by atoms with E-state index in [2.05, 4.69) is 28.4 Å². The summed E-state index contributed by atoms with van der Waals surface area (Å²) in [5, 5.41) is 0.376. The minimum Gasteiger partial charge on any atom is -0.406 e. The van der Waals surface area contributed by atoms with Gasteiger partial charge in [0.1, 0.15) is 5.75 Å². The van der Waals surface area contributed by atoms with Crippen molar-refractivity contribution < 1.29 is 22.7 Å². The van der Waals surface area contributed by atoms with Crippen LogP contribution < -0.4 is 10.5 Å². The Labute approximate surface area is 214 Å². The Hall–Kier alpha value is -2.49. The zero-order chi connectivity index (χ0) is 26.1. The Morgan fingerprint density at radius 2 is 1.78 bits per heavy atom. The van der Waals surface area contributed by atoms with Crippen LogP contribution in [0.2, 0.25) is 5.02 Å². The fourth-order valence-electron chi connectivity index (χ4n) is 5.18. The molecule has 36 heavy (non-hydrogen) atoms. The van der Waals surface area contributed by atoms with Crippen molar-refractivity contribution in [3.8, 4) is 5.75 Å². The van der Waals surface area contributed by atoms with Gasteiger partial charge in [-0.3, -0.25) is 14.6 Å². The highest BCUT2D eigenvalue weighted by atomic mass is 35.5. The van der Waals surface area contributed by atoms with Crippen LogP contribution in [0.25, 0.3) is 0 Å². The van der Waals surface area contributed by atoms with Crippen molar-refractivity contribution in [2.24, 2.45) is 0 Å². The molecule has 2 aromatic rings. The third-order valence-electron chi connectivity index (χ3n) is 7.46. The Bertz CT molecular complexity index is 1050. The number of alkyl halides is 3. The van der Waals surface area contributed by atoms with Crippen LogP contribution in [-0.4, -0.2) is 71.3 Å². The molecule has 0 spiro atoms. The first-order chi connectivity index (χ1) is 16.9. The molecule has 0 aliphatic carbocycles. The van der Waals surface area contributed by atoms with Crippen molar-refractivity contribution in [1.29, 1.82) is 0 Å². The summed E-state index contributed by atoms with van der Waals surface area (Å²) >= 11 is 6.25. The Kier molecular flexibility index (Phi) is 7.73. The molecule has 0 aromatic heterocycles. The van der Waals surface area contributed by atoms with Crippen LogP contribution in [-0.2, 0) is 6.54 Å². The summed E-state index contributed by atoms with van der Waals surface area (Å²) in [5.74, 6) is -0.330. The zero-order valence-electron chi connectivity index (χ0n) is 20.5. The number of nitrogens with zero attached hydrogens (tertiary/aromatic N) is 3.